The summed E-state index contributed by atoms with van der Waals surface area (Å²) >= 11 is 0. The largest absolute Gasteiger partial charge is 0.491 e. The molecule has 0 unspecified atom stereocenters. The fraction of sp³-hybridized carbons (Fsp3) is 0.812. The molecule has 4 aliphatic carbocycles. The highest BCUT2D eigenvalue weighted by Gasteiger charge is 2.67. The molecular formula is C32H49NO4. The molecule has 5 nitrogen and oxygen atoms in total. The zero-order valence-electron chi connectivity index (χ0n) is 24.2. The molecule has 1 amide bonds. The molecule has 3 fully saturated rings. The first-order valence-corrected chi connectivity index (χ1v) is 14.9. The number of hydrogen-bond acceptors (Lipinski definition) is 4. The van der Waals surface area contributed by atoms with E-state index in [-0.39, 0.29) is 29.0 Å². The molecule has 5 heteroatoms. The summed E-state index contributed by atoms with van der Waals surface area (Å²) in [6.45, 7) is 15.9. The minimum absolute atomic E-state index is 0.0481. The van der Waals surface area contributed by atoms with Gasteiger partial charge in [0.25, 0.3) is 0 Å². The van der Waals surface area contributed by atoms with Gasteiger partial charge in [-0.2, -0.15) is 0 Å². The van der Waals surface area contributed by atoms with Gasteiger partial charge in [-0.05, 0) is 98.9 Å². The van der Waals surface area contributed by atoms with Crippen molar-refractivity contribution in [3.05, 3.63) is 23.0 Å². The van der Waals surface area contributed by atoms with Gasteiger partial charge in [-0.3, -0.25) is 9.59 Å². The highest BCUT2D eigenvalue weighted by Crippen LogP contribution is 2.71. The summed E-state index contributed by atoms with van der Waals surface area (Å²) in [5.41, 5.74) is 3.51. The van der Waals surface area contributed by atoms with Crippen molar-refractivity contribution in [1.29, 1.82) is 0 Å². The highest BCUT2D eigenvalue weighted by atomic mass is 16.5. The predicted octanol–water partition coefficient (Wildman–Crippen LogP) is 6.72. The van der Waals surface area contributed by atoms with Crippen LogP contribution < -0.4 is 5.32 Å². The lowest BCUT2D eigenvalue weighted by Crippen LogP contribution is -2.50. The Bertz CT molecular complexity index is 1010. The summed E-state index contributed by atoms with van der Waals surface area (Å²) in [4.78, 5) is 22.9. The van der Waals surface area contributed by atoms with E-state index < -0.39 is 0 Å². The van der Waals surface area contributed by atoms with Crippen LogP contribution in [0.1, 0.15) is 106 Å². The Morgan fingerprint density at radius 2 is 1.92 bits per heavy atom. The molecule has 206 valence electrons. The first kappa shape index (κ1) is 26.8. The summed E-state index contributed by atoms with van der Waals surface area (Å²) in [6.07, 6.45) is 12.6. The second-order valence-corrected chi connectivity index (χ2v) is 14.0. The zero-order chi connectivity index (χ0) is 26.8. The van der Waals surface area contributed by atoms with Gasteiger partial charge in [0.1, 0.15) is 11.7 Å². The van der Waals surface area contributed by atoms with Crippen molar-refractivity contribution in [2.45, 2.75) is 118 Å². The molecule has 0 aromatic heterocycles. The third-order valence-corrected chi connectivity index (χ3v) is 11.5. The van der Waals surface area contributed by atoms with Crippen molar-refractivity contribution < 1.29 is 19.1 Å². The van der Waals surface area contributed by atoms with E-state index in [1.165, 1.54) is 37.5 Å². The molecule has 9 atom stereocenters. The number of carbonyl (C=O) groups is 2. The van der Waals surface area contributed by atoms with Crippen molar-refractivity contribution in [3.63, 3.8) is 0 Å². The molecule has 0 bridgehead atoms. The molecule has 0 spiro atoms. The average molecular weight is 512 g/mol. The molecule has 0 saturated heterocycles. The standard InChI is InChI=1S/C32H49NO4/c1-19(18-33-21(3)34)8-11-28-20(2)29-31(6)15-13-26-25(27(31)17-32(29,7)37-28)10-9-23-16-24(36-22(4)35)12-14-30(23,26)5/h9,19,24-27,29H,8,10-18H2,1-7H3,(H,33,34)/t19-,24-,25-,26+,27+,29-,30+,31+,32-/m1/s1. The second kappa shape index (κ2) is 9.45. The van der Waals surface area contributed by atoms with Gasteiger partial charge >= 0.3 is 5.97 Å². The average Bonchev–Trinajstić information content (AvgIpc) is 3.22. The first-order valence-electron chi connectivity index (χ1n) is 14.9. The first-order chi connectivity index (χ1) is 17.4. The Morgan fingerprint density at radius 3 is 2.62 bits per heavy atom. The summed E-state index contributed by atoms with van der Waals surface area (Å²) in [6, 6.07) is 0. The molecule has 1 N–H and O–H groups in total. The summed E-state index contributed by atoms with van der Waals surface area (Å²) in [7, 11) is 0. The number of rotatable bonds is 6. The molecule has 5 aliphatic rings. The van der Waals surface area contributed by atoms with Crippen LogP contribution in [0.4, 0.5) is 0 Å². The van der Waals surface area contributed by atoms with Gasteiger partial charge < -0.3 is 14.8 Å². The van der Waals surface area contributed by atoms with E-state index in [1.54, 1.807) is 12.5 Å². The maximum Gasteiger partial charge on any atom is 0.302 e. The third kappa shape index (κ3) is 4.46. The number of nitrogens with one attached hydrogen (secondary N) is 1. The maximum atomic E-state index is 11.6. The molecule has 0 aromatic carbocycles. The molecule has 0 aromatic rings. The van der Waals surface area contributed by atoms with Gasteiger partial charge in [-0.25, -0.2) is 0 Å². The molecule has 3 saturated carbocycles. The Hall–Kier alpha value is -1.78. The number of ether oxygens (including phenoxy) is 2. The molecule has 5 rings (SSSR count). The fourth-order valence-electron chi connectivity index (χ4n) is 9.93. The van der Waals surface area contributed by atoms with Crippen LogP contribution in [0.2, 0.25) is 0 Å². The Morgan fingerprint density at radius 1 is 1.16 bits per heavy atom. The van der Waals surface area contributed by atoms with Crippen LogP contribution in [0.15, 0.2) is 23.0 Å². The van der Waals surface area contributed by atoms with Gasteiger partial charge in [0, 0.05) is 39.2 Å². The van der Waals surface area contributed by atoms with E-state index in [0.29, 0.717) is 23.2 Å². The normalized spacial score (nSPS) is 43.0. The van der Waals surface area contributed by atoms with E-state index in [1.807, 2.05) is 0 Å². The van der Waals surface area contributed by atoms with Gasteiger partial charge in [0.2, 0.25) is 5.91 Å². The van der Waals surface area contributed by atoms with Crippen LogP contribution >= 0.6 is 0 Å². The van der Waals surface area contributed by atoms with Crippen molar-refractivity contribution in [2.24, 2.45) is 40.4 Å². The van der Waals surface area contributed by atoms with Crippen molar-refractivity contribution in [3.8, 4) is 0 Å². The van der Waals surface area contributed by atoms with E-state index in [2.05, 4.69) is 46.0 Å². The monoisotopic (exact) mass is 511 g/mol. The summed E-state index contributed by atoms with van der Waals surface area (Å²) in [5.74, 6) is 4.22. The molecule has 37 heavy (non-hydrogen) atoms. The Kier molecular flexibility index (Phi) is 6.85. The van der Waals surface area contributed by atoms with Crippen LogP contribution in [-0.4, -0.2) is 30.1 Å². The fourth-order valence-corrected chi connectivity index (χ4v) is 9.93. The number of allylic oxidation sites excluding steroid dienone is 2. The lowest BCUT2D eigenvalue weighted by molar-refractivity contribution is -0.148. The minimum atomic E-state index is -0.146. The predicted molar refractivity (Wildman–Crippen MR) is 145 cm³/mol. The van der Waals surface area contributed by atoms with E-state index >= 15 is 0 Å². The third-order valence-electron chi connectivity index (χ3n) is 11.5. The van der Waals surface area contributed by atoms with Crippen molar-refractivity contribution in [1.82, 2.24) is 5.32 Å². The number of esters is 1. The number of carbonyl (C=O) groups excluding carboxylic acids is 2. The molecular weight excluding hydrogens is 462 g/mol. The lowest BCUT2D eigenvalue weighted by atomic mass is 9.47. The maximum absolute atomic E-state index is 11.6. The summed E-state index contributed by atoms with van der Waals surface area (Å²) in [5, 5.41) is 2.96. The smallest absolute Gasteiger partial charge is 0.302 e. The Balaban J connectivity index is 1.32. The number of fused-ring (bicyclic) bond motifs is 7. The number of hydrogen-bond donors (Lipinski definition) is 1. The summed E-state index contributed by atoms with van der Waals surface area (Å²) < 4.78 is 12.5. The molecule has 1 heterocycles. The molecule has 0 radical (unpaired) electrons. The van der Waals surface area contributed by atoms with Crippen LogP contribution in [0.25, 0.3) is 0 Å². The number of amides is 1. The minimum Gasteiger partial charge on any atom is -0.491 e. The van der Waals surface area contributed by atoms with E-state index in [0.717, 1.165) is 56.9 Å². The second-order valence-electron chi connectivity index (χ2n) is 14.0. The van der Waals surface area contributed by atoms with Crippen LogP contribution in [0.3, 0.4) is 0 Å². The quantitative estimate of drug-likeness (QED) is 0.317. The van der Waals surface area contributed by atoms with Crippen LogP contribution in [0.5, 0.6) is 0 Å². The van der Waals surface area contributed by atoms with Crippen LogP contribution in [-0.2, 0) is 19.1 Å². The van der Waals surface area contributed by atoms with Gasteiger partial charge in [-0.15, -0.1) is 0 Å². The van der Waals surface area contributed by atoms with E-state index in [4.69, 9.17) is 9.47 Å². The topological polar surface area (TPSA) is 64.6 Å². The van der Waals surface area contributed by atoms with Gasteiger partial charge in [-0.1, -0.05) is 32.4 Å². The SMILES string of the molecule is CC(=O)NC[C@H](C)CCC1=C(C)[C@@H]2[C@@]3(C)CC[C@H]4[C@@H](CC=C5C[C@H](OC(C)=O)CC[C@@]54C)[C@@H]3C[C@@]2(C)O1. The highest BCUT2D eigenvalue weighted by molar-refractivity contribution is 5.72. The molecule has 1 aliphatic heterocycles. The van der Waals surface area contributed by atoms with Gasteiger partial charge in [0.05, 0.1) is 5.76 Å². The van der Waals surface area contributed by atoms with Crippen molar-refractivity contribution >= 4 is 11.9 Å². The van der Waals surface area contributed by atoms with E-state index in [9.17, 15) is 9.59 Å². The lowest BCUT2D eigenvalue weighted by Gasteiger charge is -2.58. The van der Waals surface area contributed by atoms with Gasteiger partial charge in [0.15, 0.2) is 0 Å². The Labute approximate surface area is 224 Å². The van der Waals surface area contributed by atoms with Crippen LogP contribution in [0, 0.1) is 40.4 Å². The van der Waals surface area contributed by atoms with Crippen molar-refractivity contribution in [2.75, 3.05) is 6.54 Å². The zero-order valence-corrected chi connectivity index (χ0v) is 24.2.